The van der Waals surface area contributed by atoms with Gasteiger partial charge >= 0.3 is 30.0 Å². The molecule has 1 saturated heterocycles. The predicted molar refractivity (Wildman–Crippen MR) is 225 cm³/mol. The van der Waals surface area contributed by atoms with Crippen molar-refractivity contribution in [3.05, 3.63) is 35.9 Å². The molecule has 17 nitrogen and oxygen atoms in total. The van der Waals surface area contributed by atoms with Gasteiger partial charge in [0.05, 0.1) is 52.8 Å². The Hall–Kier alpha value is -4.09. The van der Waals surface area contributed by atoms with Crippen molar-refractivity contribution in [2.45, 2.75) is 136 Å². The van der Waals surface area contributed by atoms with Gasteiger partial charge in [0.15, 0.2) is 0 Å². The fourth-order valence-corrected chi connectivity index (χ4v) is 4.63. The molecule has 3 atom stereocenters. The standard InChI is InChI=1S/C13H26N2O3.C12H11NO5.C8H18O.C6H11NO3.CH3BOP/c1-11(16)12(15-2)10-13(17)18-9-7-5-3-4-6-8-14;14-10(6-9-11(15)18-12(16)13-9)17-7-8-4-2-1-3-5-8;1-3-4-5-6-7-8-9-2;1-4(8)5(7-2)3-6(9)10;1-2-4-3/h12,15H,3-10,14H2,1-2H3;1-5,9H,6-7H2,(H,13,16);3-8H2,1-2H3;5,7H,3H2,1-2H3,(H,9,10);1H3/p+1/t12-;9-;;5-;/m00.0./s1. The Kier molecular flexibility index (Phi) is 42.2. The molecular formula is C40H70BN4O13P+. The number of Topliss-reactive ketones (excluding diaryl/α,β-unsaturated/α-hetero) is 2. The fraction of sp³-hybridized carbons (Fsp3) is 0.675. The Balaban J connectivity index is -0.000000715. The van der Waals surface area contributed by atoms with E-state index in [1.54, 1.807) is 35.0 Å². The van der Waals surface area contributed by atoms with Crippen LogP contribution in [0, 0.1) is 0 Å². The number of aliphatic carboxylic acids is 1. The molecule has 0 spiro atoms. The van der Waals surface area contributed by atoms with Crippen LogP contribution in [0.4, 0.5) is 4.79 Å². The molecule has 1 fully saturated rings. The van der Waals surface area contributed by atoms with Gasteiger partial charge in [0, 0.05) is 13.7 Å². The van der Waals surface area contributed by atoms with Gasteiger partial charge in [-0.15, -0.1) is 0 Å². The number of amides is 1. The zero-order chi connectivity index (χ0) is 45.3. The number of carbonyl (C=O) groups excluding carboxylic acids is 6. The number of carboxylic acids is 1. The van der Waals surface area contributed by atoms with Crippen molar-refractivity contribution >= 4 is 56.9 Å². The van der Waals surface area contributed by atoms with E-state index in [1.807, 2.05) is 30.3 Å². The van der Waals surface area contributed by atoms with Crippen molar-refractivity contribution in [3.63, 3.8) is 0 Å². The lowest BCUT2D eigenvalue weighted by atomic mass is 10.1. The Labute approximate surface area is 352 Å². The van der Waals surface area contributed by atoms with Gasteiger partial charge in [-0.2, -0.15) is 0 Å². The molecule has 1 amide bonds. The molecule has 0 aliphatic carbocycles. The number of nitrogens with one attached hydrogen (secondary N) is 3. The number of likely N-dealkylation sites (N-methyl/N-ethyl adjacent to an activating group) is 2. The number of carbonyl (C=O) groups is 7. The number of ether oxygens (including phenoxy) is 4. The molecule has 59 heavy (non-hydrogen) atoms. The normalized spacial score (nSPS) is 13.4. The molecular weight excluding hydrogens is 786 g/mol. The molecule has 0 aromatic heterocycles. The van der Waals surface area contributed by atoms with Gasteiger partial charge in [-0.25, -0.2) is 9.59 Å². The maximum atomic E-state index is 11.4. The molecule has 2 rings (SSSR count). The lowest BCUT2D eigenvalue weighted by Gasteiger charge is -2.11. The van der Waals surface area contributed by atoms with Crippen LogP contribution in [0.15, 0.2) is 30.3 Å². The minimum Gasteiger partial charge on any atom is -0.481 e. The fourth-order valence-electron chi connectivity index (χ4n) is 4.63. The Morgan fingerprint density at radius 2 is 1.37 bits per heavy atom. The molecule has 0 unspecified atom stereocenters. The van der Waals surface area contributed by atoms with Gasteiger partial charge in [-0.05, 0) is 59.2 Å². The van der Waals surface area contributed by atoms with Gasteiger partial charge in [0.25, 0.3) is 0 Å². The van der Waals surface area contributed by atoms with Gasteiger partial charge in [-0.1, -0.05) is 82.6 Å². The number of unbranched alkanes of at least 4 members (excludes halogenated alkanes) is 8. The molecule has 1 heterocycles. The molecule has 1 aromatic carbocycles. The van der Waals surface area contributed by atoms with E-state index in [9.17, 15) is 38.1 Å². The average molecular weight is 857 g/mol. The van der Waals surface area contributed by atoms with Crippen molar-refractivity contribution in [3.8, 4) is 0 Å². The van der Waals surface area contributed by atoms with E-state index in [1.165, 1.54) is 65.2 Å². The van der Waals surface area contributed by atoms with Crippen LogP contribution in [0.25, 0.3) is 0 Å². The van der Waals surface area contributed by atoms with Crippen molar-refractivity contribution in [2.24, 2.45) is 0 Å². The third-order valence-electron chi connectivity index (χ3n) is 8.03. The van der Waals surface area contributed by atoms with E-state index >= 15 is 0 Å². The second-order valence-electron chi connectivity index (χ2n) is 13.1. The third kappa shape index (κ3) is 39.2. The minimum atomic E-state index is -0.963. The smallest absolute Gasteiger partial charge is 0.415 e. The summed E-state index contributed by atoms with van der Waals surface area (Å²) in [6.07, 6.45) is 11.1. The Bertz CT molecular complexity index is 1310. The predicted octanol–water partition coefficient (Wildman–Crippen LogP) is 4.23. The zero-order valence-corrected chi connectivity index (χ0v) is 37.1. The number of benzene rings is 1. The number of hydrogen-bond donors (Lipinski definition) is 5. The summed E-state index contributed by atoms with van der Waals surface area (Å²) in [6.45, 7) is 10.9. The van der Waals surface area contributed by atoms with Crippen LogP contribution in [-0.2, 0) is 58.9 Å². The van der Waals surface area contributed by atoms with E-state index in [2.05, 4.69) is 33.3 Å². The first-order valence-corrected chi connectivity index (χ1v) is 20.9. The van der Waals surface area contributed by atoms with E-state index in [0.29, 0.717) is 6.61 Å². The van der Waals surface area contributed by atoms with Crippen molar-refractivity contribution < 1.29 is 67.9 Å². The van der Waals surface area contributed by atoms with E-state index in [-0.39, 0.29) is 51.7 Å². The summed E-state index contributed by atoms with van der Waals surface area (Å²) in [7, 11) is 5.12. The number of rotatable bonds is 26. The van der Waals surface area contributed by atoms with Crippen molar-refractivity contribution in [2.75, 3.05) is 41.0 Å². The quantitative estimate of drug-likeness (QED) is 0.0218. The Morgan fingerprint density at radius 3 is 1.81 bits per heavy atom. The van der Waals surface area contributed by atoms with Crippen molar-refractivity contribution in [1.29, 1.82) is 0 Å². The minimum absolute atomic E-state index is 0.0392. The first-order chi connectivity index (χ1) is 28.2. The molecule has 7 N–H and O–H groups in total. The van der Waals surface area contributed by atoms with E-state index in [0.717, 1.165) is 31.6 Å². The maximum absolute atomic E-state index is 11.4. The molecule has 0 bridgehead atoms. The highest BCUT2D eigenvalue weighted by Gasteiger charge is 2.34. The first kappa shape index (κ1) is 59.2. The van der Waals surface area contributed by atoms with Crippen LogP contribution in [0.2, 0.25) is 6.82 Å². The molecule has 0 saturated carbocycles. The number of cyclic esters (lactones) is 2. The molecule has 1 aromatic rings. The molecule has 1 radical (unpaired) electrons. The monoisotopic (exact) mass is 856 g/mol. The lowest BCUT2D eigenvalue weighted by Crippen LogP contribution is -2.50. The number of carboxylic acid groups (broad SMARTS) is 1. The number of esters is 3. The van der Waals surface area contributed by atoms with Gasteiger partial charge < -0.3 is 45.7 Å². The number of alkyl carbamates (subject to hydrolysis) is 1. The average Bonchev–Trinajstić information content (AvgIpc) is 3.53. The summed E-state index contributed by atoms with van der Waals surface area (Å²) in [5.41, 5.74) is 4.64. The lowest BCUT2D eigenvalue weighted by molar-refractivity contribution is -0.368. The van der Waals surface area contributed by atoms with Gasteiger partial charge in [0.2, 0.25) is 7.00 Å². The summed E-state index contributed by atoms with van der Waals surface area (Å²) >= 11 is 0. The largest absolute Gasteiger partial charge is 0.481 e. The highest BCUT2D eigenvalue weighted by molar-refractivity contribution is 7.60. The maximum Gasteiger partial charge on any atom is 0.415 e. The molecule has 1 aliphatic heterocycles. The number of methoxy groups -OCH3 is 1. The molecule has 1 aliphatic rings. The second kappa shape index (κ2) is 42.1. The highest BCUT2D eigenvalue weighted by Crippen LogP contribution is 2.08. The zero-order valence-electron chi connectivity index (χ0n) is 36.2. The topological polar surface area (TPSA) is 257 Å². The second-order valence-corrected chi connectivity index (χ2v) is 13.8. The summed E-state index contributed by atoms with van der Waals surface area (Å²) < 4.78 is 28.4. The summed E-state index contributed by atoms with van der Waals surface area (Å²) in [4.78, 5) is 76.4. The Morgan fingerprint density at radius 1 is 0.847 bits per heavy atom. The summed E-state index contributed by atoms with van der Waals surface area (Å²) in [6, 6.07) is 7.25. The van der Waals surface area contributed by atoms with E-state index in [4.69, 9.17) is 19.3 Å². The molecule has 19 heteroatoms. The first-order valence-electron chi connectivity index (χ1n) is 20.0. The van der Waals surface area contributed by atoms with Gasteiger partial charge in [0.1, 0.15) is 24.2 Å². The summed E-state index contributed by atoms with van der Waals surface area (Å²) in [5, 5.41) is 15.9. The number of quaternary nitrogens is 1. The van der Waals surface area contributed by atoms with E-state index < -0.39 is 42.1 Å². The number of hydrogen-bond acceptors (Lipinski definition) is 14. The van der Waals surface area contributed by atoms with Crippen LogP contribution in [0.5, 0.6) is 0 Å². The van der Waals surface area contributed by atoms with Crippen LogP contribution in [-0.4, -0.2) is 113 Å². The van der Waals surface area contributed by atoms with Crippen LogP contribution >= 0.6 is 8.34 Å². The highest BCUT2D eigenvalue weighted by atomic mass is 31.1. The van der Waals surface area contributed by atoms with Crippen LogP contribution < -0.4 is 21.7 Å². The molecule has 335 valence electrons. The van der Waals surface area contributed by atoms with Crippen LogP contribution in [0.3, 0.4) is 0 Å². The third-order valence-corrected chi connectivity index (χ3v) is 8.24. The number of ketones is 2. The SMILES string of the molecule is CCCCCCCOC.CN[C@@H](CC(=O)O)C(C)=O.CN[C@@H](CC(=O)OCCCCCCC[NH3+])C(C)=O.C[B]P=O.O=C(C[C@@H]1NC(=O)OC1=O)OCc1ccccc1. The van der Waals surface area contributed by atoms with Gasteiger partial charge in [-0.3, -0.25) is 28.5 Å². The van der Waals surface area contributed by atoms with Crippen molar-refractivity contribution in [1.82, 2.24) is 16.0 Å². The summed E-state index contributed by atoms with van der Waals surface area (Å²) in [5.74, 6) is -2.77. The van der Waals surface area contributed by atoms with Crippen LogP contribution in [0.1, 0.15) is 110 Å².